The molecular weight excluding hydrogens is 292 g/mol. The molecule has 3 N–H and O–H groups in total. The lowest BCUT2D eigenvalue weighted by Crippen LogP contribution is -2.38. The molecular formula is C14H22N2O4S. The van der Waals surface area contributed by atoms with Gasteiger partial charge in [-0.1, -0.05) is 0 Å². The van der Waals surface area contributed by atoms with Crippen LogP contribution in [0.25, 0.3) is 0 Å². The highest BCUT2D eigenvalue weighted by molar-refractivity contribution is 7.89. The number of hydrogen-bond donors (Lipinski definition) is 2. The summed E-state index contributed by atoms with van der Waals surface area (Å²) in [6.07, 6.45) is 2.19. The number of nitrogens with two attached hydrogens (primary N) is 1. The number of benzene rings is 1. The summed E-state index contributed by atoms with van der Waals surface area (Å²) in [4.78, 5) is 0.213. The number of methoxy groups -OCH3 is 1. The second-order valence-corrected chi connectivity index (χ2v) is 6.93. The molecule has 0 amide bonds. The van der Waals surface area contributed by atoms with Crippen LogP contribution in [-0.2, 0) is 14.8 Å². The zero-order chi connectivity index (χ0) is 15.3. The van der Waals surface area contributed by atoms with E-state index < -0.39 is 10.0 Å². The van der Waals surface area contributed by atoms with Gasteiger partial charge in [-0.05, 0) is 43.0 Å². The van der Waals surface area contributed by atoms with E-state index in [0.717, 1.165) is 12.8 Å². The Hall–Kier alpha value is -1.15. The lowest BCUT2D eigenvalue weighted by molar-refractivity contribution is 0.146. The van der Waals surface area contributed by atoms with E-state index in [1.807, 2.05) is 0 Å². The van der Waals surface area contributed by atoms with E-state index in [1.165, 1.54) is 12.1 Å². The number of ether oxygens (including phenoxy) is 2. The van der Waals surface area contributed by atoms with Crippen molar-refractivity contribution < 1.29 is 17.9 Å². The summed E-state index contributed by atoms with van der Waals surface area (Å²) < 4.78 is 37.1. The smallest absolute Gasteiger partial charge is 0.240 e. The molecule has 6 nitrogen and oxygen atoms in total. The van der Waals surface area contributed by atoms with Crippen LogP contribution >= 0.6 is 0 Å². The molecule has 0 radical (unpaired) electrons. The fourth-order valence-corrected chi connectivity index (χ4v) is 3.01. The standard InChI is InChI=1S/C14H22N2O4S/c1-19-8-9-20-12-4-6-13(7-5-12)21(17,18)16-10-14(15)11-2-3-11/h4-7,11,14,16H,2-3,8-10,15H2,1H3. The van der Waals surface area contributed by atoms with E-state index in [1.54, 1.807) is 19.2 Å². The highest BCUT2D eigenvalue weighted by atomic mass is 32.2. The number of hydrogen-bond acceptors (Lipinski definition) is 5. The van der Waals surface area contributed by atoms with Crippen LogP contribution in [0.3, 0.4) is 0 Å². The van der Waals surface area contributed by atoms with Gasteiger partial charge in [0.05, 0.1) is 11.5 Å². The van der Waals surface area contributed by atoms with Gasteiger partial charge in [0.25, 0.3) is 0 Å². The summed E-state index contributed by atoms with van der Waals surface area (Å²) in [5.74, 6) is 1.07. The van der Waals surface area contributed by atoms with E-state index in [0.29, 0.717) is 24.9 Å². The molecule has 0 saturated heterocycles. The van der Waals surface area contributed by atoms with Crippen LogP contribution in [0.4, 0.5) is 0 Å². The van der Waals surface area contributed by atoms with Gasteiger partial charge in [-0.15, -0.1) is 0 Å². The predicted octanol–water partition coefficient (Wildman–Crippen LogP) is 0.727. The second-order valence-electron chi connectivity index (χ2n) is 5.17. The van der Waals surface area contributed by atoms with E-state index in [9.17, 15) is 8.42 Å². The number of sulfonamides is 1. The Balaban J connectivity index is 1.89. The van der Waals surface area contributed by atoms with Crippen LogP contribution in [-0.4, -0.2) is 41.3 Å². The van der Waals surface area contributed by atoms with Crippen molar-refractivity contribution in [2.75, 3.05) is 26.9 Å². The summed E-state index contributed by atoms with van der Waals surface area (Å²) in [6.45, 7) is 1.19. The monoisotopic (exact) mass is 314 g/mol. The van der Waals surface area contributed by atoms with Crippen molar-refractivity contribution in [3.05, 3.63) is 24.3 Å². The van der Waals surface area contributed by atoms with Crippen molar-refractivity contribution in [1.82, 2.24) is 4.72 Å². The third-order valence-electron chi connectivity index (χ3n) is 3.43. The van der Waals surface area contributed by atoms with E-state index in [4.69, 9.17) is 15.2 Å². The van der Waals surface area contributed by atoms with Crippen LogP contribution in [0.15, 0.2) is 29.2 Å². The lowest BCUT2D eigenvalue weighted by Gasteiger charge is -2.12. The van der Waals surface area contributed by atoms with E-state index in [2.05, 4.69) is 4.72 Å². The Morgan fingerprint density at radius 2 is 1.95 bits per heavy atom. The molecule has 1 aliphatic carbocycles. The molecule has 7 heteroatoms. The molecule has 2 rings (SSSR count). The van der Waals surface area contributed by atoms with Crippen LogP contribution in [0, 0.1) is 5.92 Å². The molecule has 1 saturated carbocycles. The first-order valence-electron chi connectivity index (χ1n) is 7.00. The van der Waals surface area contributed by atoms with Crippen molar-refractivity contribution in [2.45, 2.75) is 23.8 Å². The fourth-order valence-electron chi connectivity index (χ4n) is 1.94. The quantitative estimate of drug-likeness (QED) is 0.656. The number of rotatable bonds is 9. The topological polar surface area (TPSA) is 90.6 Å². The van der Waals surface area contributed by atoms with Crippen molar-refractivity contribution in [2.24, 2.45) is 11.7 Å². The highest BCUT2D eigenvalue weighted by Crippen LogP contribution is 2.31. The van der Waals surface area contributed by atoms with Crippen molar-refractivity contribution in [1.29, 1.82) is 0 Å². The first-order chi connectivity index (χ1) is 10.0. The maximum absolute atomic E-state index is 12.1. The largest absolute Gasteiger partial charge is 0.491 e. The van der Waals surface area contributed by atoms with Crippen molar-refractivity contribution >= 4 is 10.0 Å². The zero-order valence-corrected chi connectivity index (χ0v) is 12.9. The zero-order valence-electron chi connectivity index (χ0n) is 12.1. The van der Waals surface area contributed by atoms with Crippen LogP contribution in [0.5, 0.6) is 5.75 Å². The summed E-state index contributed by atoms with van der Waals surface area (Å²) in [7, 11) is -1.92. The Bertz CT molecular complexity index is 541. The SMILES string of the molecule is COCCOc1ccc(S(=O)(=O)NCC(N)C2CC2)cc1. The van der Waals surface area contributed by atoms with Gasteiger partial charge in [0.15, 0.2) is 0 Å². The summed E-state index contributed by atoms with van der Waals surface area (Å²) >= 11 is 0. The molecule has 0 bridgehead atoms. The summed E-state index contributed by atoms with van der Waals surface area (Å²) in [5.41, 5.74) is 5.90. The van der Waals surface area contributed by atoms with Gasteiger partial charge >= 0.3 is 0 Å². The molecule has 1 atom stereocenters. The van der Waals surface area contributed by atoms with Gasteiger partial charge in [0.1, 0.15) is 12.4 Å². The second kappa shape index (κ2) is 7.22. The molecule has 0 heterocycles. The Morgan fingerprint density at radius 3 is 2.52 bits per heavy atom. The minimum Gasteiger partial charge on any atom is -0.491 e. The van der Waals surface area contributed by atoms with Gasteiger partial charge in [0, 0.05) is 19.7 Å². The molecule has 0 aromatic heterocycles. The van der Waals surface area contributed by atoms with E-state index >= 15 is 0 Å². The minimum atomic E-state index is -3.51. The summed E-state index contributed by atoms with van der Waals surface area (Å²) in [6, 6.07) is 6.20. The molecule has 1 aliphatic rings. The Kier molecular flexibility index (Phi) is 5.58. The first-order valence-corrected chi connectivity index (χ1v) is 8.48. The van der Waals surface area contributed by atoms with Crippen molar-refractivity contribution in [3.63, 3.8) is 0 Å². The lowest BCUT2D eigenvalue weighted by atomic mass is 10.2. The molecule has 1 fully saturated rings. The predicted molar refractivity (Wildman–Crippen MR) is 79.7 cm³/mol. The highest BCUT2D eigenvalue weighted by Gasteiger charge is 2.29. The van der Waals surface area contributed by atoms with Gasteiger partial charge in [0.2, 0.25) is 10.0 Å². The minimum absolute atomic E-state index is 0.101. The normalized spacial score (nSPS) is 16.7. The number of nitrogens with one attached hydrogen (secondary N) is 1. The van der Waals surface area contributed by atoms with Crippen LogP contribution in [0.2, 0.25) is 0 Å². The maximum atomic E-state index is 12.1. The molecule has 1 aromatic rings. The Morgan fingerprint density at radius 1 is 1.29 bits per heavy atom. The molecule has 0 spiro atoms. The first kappa shape index (κ1) is 16.2. The maximum Gasteiger partial charge on any atom is 0.240 e. The van der Waals surface area contributed by atoms with Crippen molar-refractivity contribution in [3.8, 4) is 5.75 Å². The fraction of sp³-hybridized carbons (Fsp3) is 0.571. The van der Waals surface area contributed by atoms with Crippen LogP contribution < -0.4 is 15.2 Å². The third kappa shape index (κ3) is 4.96. The van der Waals surface area contributed by atoms with Gasteiger partial charge < -0.3 is 15.2 Å². The summed E-state index contributed by atoms with van der Waals surface area (Å²) in [5, 5.41) is 0. The molecule has 1 unspecified atom stereocenters. The van der Waals surface area contributed by atoms with Crippen LogP contribution in [0.1, 0.15) is 12.8 Å². The van der Waals surface area contributed by atoms with Gasteiger partial charge in [-0.3, -0.25) is 0 Å². The Labute approximate surface area is 125 Å². The average molecular weight is 314 g/mol. The molecule has 0 aliphatic heterocycles. The molecule has 21 heavy (non-hydrogen) atoms. The third-order valence-corrected chi connectivity index (χ3v) is 4.87. The van der Waals surface area contributed by atoms with Gasteiger partial charge in [-0.25, -0.2) is 13.1 Å². The molecule has 1 aromatic carbocycles. The van der Waals surface area contributed by atoms with Gasteiger partial charge in [-0.2, -0.15) is 0 Å². The van der Waals surface area contributed by atoms with E-state index in [-0.39, 0.29) is 17.5 Å². The average Bonchev–Trinajstić information content (AvgIpc) is 3.30. The molecule has 118 valence electrons.